The van der Waals surface area contributed by atoms with Gasteiger partial charge in [0.15, 0.2) is 5.76 Å². The molecule has 0 amide bonds. The summed E-state index contributed by atoms with van der Waals surface area (Å²) in [5.74, 6) is 1.09. The average molecular weight is 327 g/mol. The summed E-state index contributed by atoms with van der Waals surface area (Å²) >= 11 is 0. The molecule has 1 atom stereocenters. The Kier molecular flexibility index (Phi) is 4.08. The van der Waals surface area contributed by atoms with Crippen LogP contribution in [0.5, 0.6) is 0 Å². The summed E-state index contributed by atoms with van der Waals surface area (Å²) < 4.78 is 20.7. The molecule has 0 N–H and O–H groups in total. The zero-order chi connectivity index (χ0) is 16.4. The molecule has 1 aliphatic rings. The van der Waals surface area contributed by atoms with Gasteiger partial charge in [0.25, 0.3) is 0 Å². The molecule has 4 rings (SSSR count). The molecule has 6 nitrogen and oxygen atoms in total. The highest BCUT2D eigenvalue weighted by Crippen LogP contribution is 2.24. The Morgan fingerprint density at radius 1 is 1.25 bits per heavy atom. The number of halogens is 1. The minimum atomic E-state index is -0.258. The maximum atomic E-state index is 13.0. The molecule has 1 fully saturated rings. The van der Waals surface area contributed by atoms with E-state index in [2.05, 4.69) is 20.0 Å². The van der Waals surface area contributed by atoms with Gasteiger partial charge in [0.05, 0.1) is 19.3 Å². The van der Waals surface area contributed by atoms with Crippen molar-refractivity contribution in [1.29, 1.82) is 0 Å². The van der Waals surface area contributed by atoms with E-state index < -0.39 is 0 Å². The van der Waals surface area contributed by atoms with Crippen LogP contribution in [0.1, 0.15) is 18.7 Å². The minimum absolute atomic E-state index is 0.258. The smallest absolute Gasteiger partial charge is 0.209 e. The Morgan fingerprint density at radius 2 is 2.12 bits per heavy atom. The molecular weight excluding hydrogens is 309 g/mol. The summed E-state index contributed by atoms with van der Waals surface area (Å²) in [4.78, 5) is 10.7. The number of benzene rings is 1. The van der Waals surface area contributed by atoms with Crippen molar-refractivity contribution in [3.8, 4) is 11.3 Å². The molecular formula is C17H18FN5O. The Labute approximate surface area is 138 Å². The van der Waals surface area contributed by atoms with Crippen molar-refractivity contribution >= 4 is 0 Å². The highest BCUT2D eigenvalue weighted by Gasteiger charge is 2.26. The van der Waals surface area contributed by atoms with E-state index in [4.69, 9.17) is 4.42 Å². The van der Waals surface area contributed by atoms with Crippen LogP contribution in [0.15, 0.2) is 47.5 Å². The van der Waals surface area contributed by atoms with Crippen LogP contribution in [0.25, 0.3) is 11.3 Å². The molecule has 0 spiro atoms. The van der Waals surface area contributed by atoms with E-state index in [1.54, 1.807) is 31.0 Å². The summed E-state index contributed by atoms with van der Waals surface area (Å²) in [7, 11) is 0. The van der Waals surface area contributed by atoms with E-state index in [-0.39, 0.29) is 5.82 Å². The number of nitrogens with zero attached hydrogens (tertiary/aromatic N) is 5. The molecule has 3 heterocycles. The lowest BCUT2D eigenvalue weighted by atomic mass is 10.2. The third-order valence-corrected chi connectivity index (χ3v) is 4.38. The van der Waals surface area contributed by atoms with Gasteiger partial charge < -0.3 is 4.42 Å². The van der Waals surface area contributed by atoms with E-state index in [0.29, 0.717) is 24.2 Å². The zero-order valence-corrected chi connectivity index (χ0v) is 13.2. The summed E-state index contributed by atoms with van der Waals surface area (Å²) in [5.41, 5.74) is 0.829. The predicted octanol–water partition coefficient (Wildman–Crippen LogP) is 2.74. The van der Waals surface area contributed by atoms with Crippen molar-refractivity contribution in [3.05, 3.63) is 54.8 Å². The fraction of sp³-hybridized carbons (Fsp3) is 0.353. The van der Waals surface area contributed by atoms with Crippen LogP contribution in [0.2, 0.25) is 0 Å². The van der Waals surface area contributed by atoms with Gasteiger partial charge in [-0.1, -0.05) is 0 Å². The molecule has 0 aliphatic carbocycles. The first-order valence-corrected chi connectivity index (χ1v) is 8.05. The third kappa shape index (κ3) is 3.21. The van der Waals surface area contributed by atoms with E-state index in [1.807, 2.05) is 4.68 Å². The Hall–Kier alpha value is -2.54. The maximum absolute atomic E-state index is 13.0. The largest absolute Gasteiger partial charge is 0.439 e. The van der Waals surface area contributed by atoms with Gasteiger partial charge in [0.1, 0.15) is 18.5 Å². The Morgan fingerprint density at radius 3 is 2.92 bits per heavy atom. The van der Waals surface area contributed by atoms with E-state index in [0.717, 1.165) is 31.5 Å². The Balaban J connectivity index is 1.44. The van der Waals surface area contributed by atoms with Crippen LogP contribution < -0.4 is 0 Å². The van der Waals surface area contributed by atoms with Gasteiger partial charge in [-0.05, 0) is 43.7 Å². The molecule has 0 saturated carbocycles. The standard InChI is InChI=1S/C17H18FN5O/c18-14-5-3-13(4-6-14)16-8-20-17(24-16)10-22-7-1-2-15(22)9-23-12-19-11-21-23/h3-6,8,11-12,15H,1-2,7,9-10H2/t15-/m0/s1. The predicted molar refractivity (Wildman–Crippen MR) is 85.4 cm³/mol. The second kappa shape index (κ2) is 6.52. The molecule has 2 aromatic heterocycles. The second-order valence-electron chi connectivity index (χ2n) is 6.01. The van der Waals surface area contributed by atoms with Crippen LogP contribution in [-0.4, -0.2) is 37.2 Å². The second-order valence-corrected chi connectivity index (χ2v) is 6.01. The van der Waals surface area contributed by atoms with Crippen molar-refractivity contribution < 1.29 is 8.81 Å². The van der Waals surface area contributed by atoms with E-state index in [9.17, 15) is 4.39 Å². The lowest BCUT2D eigenvalue weighted by Crippen LogP contribution is -2.32. The highest BCUT2D eigenvalue weighted by molar-refractivity contribution is 5.55. The van der Waals surface area contributed by atoms with Crippen molar-refractivity contribution in [3.63, 3.8) is 0 Å². The van der Waals surface area contributed by atoms with Crippen molar-refractivity contribution in [2.75, 3.05) is 6.54 Å². The van der Waals surface area contributed by atoms with Gasteiger partial charge >= 0.3 is 0 Å². The molecule has 1 aromatic carbocycles. The number of hydrogen-bond acceptors (Lipinski definition) is 5. The lowest BCUT2D eigenvalue weighted by molar-refractivity contribution is 0.200. The highest BCUT2D eigenvalue weighted by atomic mass is 19.1. The monoisotopic (exact) mass is 327 g/mol. The van der Waals surface area contributed by atoms with E-state index >= 15 is 0 Å². The van der Waals surface area contributed by atoms with Gasteiger partial charge in [0.2, 0.25) is 5.89 Å². The third-order valence-electron chi connectivity index (χ3n) is 4.38. The first-order valence-electron chi connectivity index (χ1n) is 8.05. The van der Waals surface area contributed by atoms with Crippen LogP contribution in [-0.2, 0) is 13.1 Å². The Bertz CT molecular complexity index is 784. The summed E-state index contributed by atoms with van der Waals surface area (Å²) in [6, 6.07) is 6.65. The zero-order valence-electron chi connectivity index (χ0n) is 13.2. The first kappa shape index (κ1) is 15.0. The van der Waals surface area contributed by atoms with E-state index in [1.165, 1.54) is 12.1 Å². The molecule has 24 heavy (non-hydrogen) atoms. The molecule has 1 saturated heterocycles. The van der Waals surface area contributed by atoms with Crippen LogP contribution in [0, 0.1) is 5.82 Å². The average Bonchev–Trinajstić information content (AvgIpc) is 3.32. The number of hydrogen-bond donors (Lipinski definition) is 0. The molecule has 3 aromatic rings. The first-order chi connectivity index (χ1) is 11.8. The molecule has 0 radical (unpaired) electrons. The fourth-order valence-corrected chi connectivity index (χ4v) is 3.16. The molecule has 7 heteroatoms. The number of likely N-dealkylation sites (tertiary alicyclic amines) is 1. The topological polar surface area (TPSA) is 60.0 Å². The molecule has 124 valence electrons. The van der Waals surface area contributed by atoms with Crippen LogP contribution in [0.3, 0.4) is 0 Å². The van der Waals surface area contributed by atoms with Gasteiger partial charge in [0, 0.05) is 11.6 Å². The van der Waals surface area contributed by atoms with Gasteiger partial charge in [-0.3, -0.25) is 9.58 Å². The maximum Gasteiger partial charge on any atom is 0.209 e. The summed E-state index contributed by atoms with van der Waals surface area (Å²) in [6.45, 7) is 2.51. The summed E-state index contributed by atoms with van der Waals surface area (Å²) in [6.07, 6.45) is 7.29. The van der Waals surface area contributed by atoms with Crippen molar-refractivity contribution in [2.24, 2.45) is 0 Å². The van der Waals surface area contributed by atoms with Gasteiger partial charge in [-0.15, -0.1) is 0 Å². The fourth-order valence-electron chi connectivity index (χ4n) is 3.16. The number of rotatable bonds is 5. The van der Waals surface area contributed by atoms with Crippen molar-refractivity contribution in [2.45, 2.75) is 32.0 Å². The summed E-state index contributed by atoms with van der Waals surface area (Å²) in [5, 5.41) is 4.18. The lowest BCUT2D eigenvalue weighted by Gasteiger charge is -2.22. The quantitative estimate of drug-likeness (QED) is 0.721. The van der Waals surface area contributed by atoms with Crippen molar-refractivity contribution in [1.82, 2.24) is 24.6 Å². The SMILES string of the molecule is Fc1ccc(-c2cnc(CN3CCC[C@H]3Cn3cncn3)o2)cc1. The van der Waals surface area contributed by atoms with Gasteiger partial charge in [-0.2, -0.15) is 5.10 Å². The van der Waals surface area contributed by atoms with Crippen LogP contribution in [0.4, 0.5) is 4.39 Å². The minimum Gasteiger partial charge on any atom is -0.439 e. The normalized spacial score (nSPS) is 18.3. The number of aromatic nitrogens is 4. The number of oxazole rings is 1. The molecule has 0 unspecified atom stereocenters. The van der Waals surface area contributed by atoms with Gasteiger partial charge in [-0.25, -0.2) is 14.4 Å². The molecule has 1 aliphatic heterocycles. The van der Waals surface area contributed by atoms with Crippen LogP contribution >= 0.6 is 0 Å². The molecule has 0 bridgehead atoms.